The second kappa shape index (κ2) is 7.83. The minimum Gasteiger partial charge on any atom is -0.351 e. The second-order valence-corrected chi connectivity index (χ2v) is 7.07. The maximum absolute atomic E-state index is 12.4. The molecule has 1 atom stereocenters. The van der Waals surface area contributed by atoms with Gasteiger partial charge in [-0.1, -0.05) is 30.3 Å². The van der Waals surface area contributed by atoms with Crippen molar-refractivity contribution in [1.82, 2.24) is 20.6 Å². The van der Waals surface area contributed by atoms with Crippen LogP contribution in [0.15, 0.2) is 42.6 Å². The highest BCUT2D eigenvalue weighted by Gasteiger charge is 2.28. The Kier molecular flexibility index (Phi) is 5.11. The van der Waals surface area contributed by atoms with Crippen molar-refractivity contribution in [3.05, 3.63) is 42.6 Å². The molecule has 0 radical (unpaired) electrons. The van der Waals surface area contributed by atoms with E-state index in [1.54, 1.807) is 0 Å². The number of piperidine rings is 1. The van der Waals surface area contributed by atoms with E-state index in [0.717, 1.165) is 62.6 Å². The van der Waals surface area contributed by atoms with Crippen molar-refractivity contribution in [1.29, 1.82) is 0 Å². The zero-order chi connectivity index (χ0) is 17.8. The number of benzene rings is 1. The van der Waals surface area contributed by atoms with E-state index in [1.165, 1.54) is 0 Å². The van der Waals surface area contributed by atoms with Gasteiger partial charge in [-0.2, -0.15) is 0 Å². The summed E-state index contributed by atoms with van der Waals surface area (Å²) in [6.45, 7) is 3.52. The summed E-state index contributed by atoms with van der Waals surface area (Å²) < 4.78 is 0. The number of amides is 1. The van der Waals surface area contributed by atoms with E-state index in [-0.39, 0.29) is 17.9 Å². The summed E-state index contributed by atoms with van der Waals surface area (Å²) >= 11 is 0. The van der Waals surface area contributed by atoms with Gasteiger partial charge in [-0.15, -0.1) is 0 Å². The van der Waals surface area contributed by atoms with Crippen LogP contribution in [0.3, 0.4) is 0 Å². The smallest absolute Gasteiger partial charge is 0.225 e. The Hall–Kier alpha value is -2.47. The fourth-order valence-corrected chi connectivity index (χ4v) is 3.73. The van der Waals surface area contributed by atoms with Gasteiger partial charge in [0.2, 0.25) is 11.9 Å². The molecule has 136 valence electrons. The molecule has 6 heteroatoms. The van der Waals surface area contributed by atoms with E-state index in [4.69, 9.17) is 4.98 Å². The van der Waals surface area contributed by atoms with Crippen molar-refractivity contribution in [3.63, 3.8) is 0 Å². The molecule has 6 nitrogen and oxygen atoms in total. The van der Waals surface area contributed by atoms with Crippen molar-refractivity contribution in [2.45, 2.75) is 25.3 Å². The number of aromatic nitrogens is 2. The highest BCUT2D eigenvalue weighted by molar-refractivity contribution is 5.79. The highest BCUT2D eigenvalue weighted by atomic mass is 16.2. The van der Waals surface area contributed by atoms with Crippen molar-refractivity contribution in [2.24, 2.45) is 5.92 Å². The van der Waals surface area contributed by atoms with E-state index in [2.05, 4.69) is 32.7 Å². The Morgan fingerprint density at radius 2 is 1.92 bits per heavy atom. The highest BCUT2D eigenvalue weighted by Crippen LogP contribution is 2.22. The monoisotopic (exact) mass is 351 g/mol. The molecule has 1 aromatic heterocycles. The lowest BCUT2D eigenvalue weighted by molar-refractivity contribution is -0.126. The first kappa shape index (κ1) is 17.0. The van der Waals surface area contributed by atoms with E-state index < -0.39 is 0 Å². The van der Waals surface area contributed by atoms with Crippen LogP contribution in [-0.2, 0) is 4.79 Å². The molecule has 0 saturated carbocycles. The molecule has 0 aliphatic carbocycles. The number of nitrogens with zero attached hydrogens (tertiary/aromatic N) is 3. The molecule has 1 aromatic carbocycles. The maximum atomic E-state index is 12.4. The number of nitrogens with one attached hydrogen (secondary N) is 2. The largest absolute Gasteiger partial charge is 0.351 e. The van der Waals surface area contributed by atoms with Crippen LogP contribution < -0.4 is 15.5 Å². The van der Waals surface area contributed by atoms with Gasteiger partial charge < -0.3 is 15.5 Å². The third-order valence-corrected chi connectivity index (χ3v) is 5.24. The predicted molar refractivity (Wildman–Crippen MR) is 102 cm³/mol. The first-order valence-electron chi connectivity index (χ1n) is 9.44. The summed E-state index contributed by atoms with van der Waals surface area (Å²) in [5, 5.41) is 6.54. The SMILES string of the molecule is O=C(NC1CCN(c2nccc(-c3ccccc3)n2)C1)C1CCNCC1. The minimum absolute atomic E-state index is 0.156. The first-order valence-corrected chi connectivity index (χ1v) is 9.44. The summed E-state index contributed by atoms with van der Waals surface area (Å²) in [5.74, 6) is 1.10. The van der Waals surface area contributed by atoms with Gasteiger partial charge >= 0.3 is 0 Å². The quantitative estimate of drug-likeness (QED) is 0.880. The summed E-state index contributed by atoms with van der Waals surface area (Å²) in [4.78, 5) is 23.8. The lowest BCUT2D eigenvalue weighted by atomic mass is 9.97. The molecule has 2 saturated heterocycles. The van der Waals surface area contributed by atoms with E-state index in [0.29, 0.717) is 0 Å². The summed E-state index contributed by atoms with van der Waals surface area (Å²) in [5.41, 5.74) is 2.02. The molecule has 1 unspecified atom stereocenters. The van der Waals surface area contributed by atoms with Gasteiger partial charge in [-0.3, -0.25) is 4.79 Å². The average Bonchev–Trinajstić information content (AvgIpc) is 3.18. The average molecular weight is 351 g/mol. The van der Waals surface area contributed by atoms with Crippen LogP contribution in [0.4, 0.5) is 5.95 Å². The molecule has 0 spiro atoms. The summed E-state index contributed by atoms with van der Waals surface area (Å²) in [6.07, 6.45) is 4.62. The lowest BCUT2D eigenvalue weighted by Crippen LogP contribution is -2.43. The molecular weight excluding hydrogens is 326 g/mol. The topological polar surface area (TPSA) is 70.2 Å². The fourth-order valence-electron chi connectivity index (χ4n) is 3.73. The minimum atomic E-state index is 0.156. The van der Waals surface area contributed by atoms with E-state index in [9.17, 15) is 4.79 Å². The van der Waals surface area contributed by atoms with Gasteiger partial charge in [0.1, 0.15) is 0 Å². The third-order valence-electron chi connectivity index (χ3n) is 5.24. The Balaban J connectivity index is 1.38. The molecular formula is C20H25N5O. The van der Waals surface area contributed by atoms with E-state index >= 15 is 0 Å². The number of carbonyl (C=O) groups excluding carboxylic acids is 1. The number of hydrogen-bond donors (Lipinski definition) is 2. The van der Waals surface area contributed by atoms with Crippen LogP contribution in [0.1, 0.15) is 19.3 Å². The van der Waals surface area contributed by atoms with Gasteiger partial charge in [0.25, 0.3) is 0 Å². The molecule has 2 aliphatic heterocycles. The molecule has 1 amide bonds. The van der Waals surface area contributed by atoms with Crippen LogP contribution in [0.2, 0.25) is 0 Å². The number of anilines is 1. The molecule has 2 aliphatic rings. The second-order valence-electron chi connectivity index (χ2n) is 7.07. The van der Waals surface area contributed by atoms with Gasteiger partial charge in [-0.25, -0.2) is 9.97 Å². The van der Waals surface area contributed by atoms with Crippen molar-refractivity contribution >= 4 is 11.9 Å². The zero-order valence-corrected chi connectivity index (χ0v) is 14.9. The Bertz CT molecular complexity index is 745. The Morgan fingerprint density at radius 1 is 1.12 bits per heavy atom. The number of hydrogen-bond acceptors (Lipinski definition) is 5. The van der Waals surface area contributed by atoms with Gasteiger partial charge in [0, 0.05) is 36.8 Å². The summed E-state index contributed by atoms with van der Waals surface area (Å²) in [7, 11) is 0. The number of carbonyl (C=O) groups is 1. The molecule has 4 rings (SSSR count). The standard InChI is InChI=1S/C20H25N5O/c26-19(16-6-10-21-11-7-16)23-17-9-13-25(14-17)20-22-12-8-18(24-20)15-4-2-1-3-5-15/h1-5,8,12,16-17,21H,6-7,9-11,13-14H2,(H,23,26). The van der Waals surface area contributed by atoms with Crippen LogP contribution in [0.5, 0.6) is 0 Å². The molecule has 26 heavy (non-hydrogen) atoms. The summed E-state index contributed by atoms with van der Waals surface area (Å²) in [6, 6.07) is 12.3. The predicted octanol–water partition coefficient (Wildman–Crippen LogP) is 1.84. The zero-order valence-electron chi connectivity index (χ0n) is 14.9. The maximum Gasteiger partial charge on any atom is 0.225 e. The molecule has 0 bridgehead atoms. The first-order chi connectivity index (χ1) is 12.8. The van der Waals surface area contributed by atoms with Crippen molar-refractivity contribution in [2.75, 3.05) is 31.1 Å². The fraction of sp³-hybridized carbons (Fsp3) is 0.450. The van der Waals surface area contributed by atoms with Gasteiger partial charge in [0.05, 0.1) is 5.69 Å². The van der Waals surface area contributed by atoms with Gasteiger partial charge in [-0.05, 0) is 38.4 Å². The number of rotatable bonds is 4. The molecule has 2 aromatic rings. The van der Waals surface area contributed by atoms with Gasteiger partial charge in [0.15, 0.2) is 0 Å². The van der Waals surface area contributed by atoms with Crippen LogP contribution in [0, 0.1) is 5.92 Å². The van der Waals surface area contributed by atoms with Crippen LogP contribution in [0.25, 0.3) is 11.3 Å². The third kappa shape index (κ3) is 3.85. The molecule has 2 fully saturated rings. The van der Waals surface area contributed by atoms with Crippen molar-refractivity contribution < 1.29 is 4.79 Å². The lowest BCUT2D eigenvalue weighted by Gasteiger charge is -2.24. The van der Waals surface area contributed by atoms with Crippen LogP contribution >= 0.6 is 0 Å². The Labute approximate surface area is 154 Å². The normalized spacial score (nSPS) is 20.9. The molecule has 2 N–H and O–H groups in total. The molecule has 3 heterocycles. The van der Waals surface area contributed by atoms with Crippen molar-refractivity contribution in [3.8, 4) is 11.3 Å². The van der Waals surface area contributed by atoms with E-state index in [1.807, 2.05) is 30.5 Å². The van der Waals surface area contributed by atoms with Crippen LogP contribution in [-0.4, -0.2) is 48.1 Å². The Morgan fingerprint density at radius 3 is 2.73 bits per heavy atom.